The van der Waals surface area contributed by atoms with Crippen LogP contribution in [0.5, 0.6) is 5.75 Å². The second-order valence-electron chi connectivity index (χ2n) is 19.9. The van der Waals surface area contributed by atoms with E-state index in [-0.39, 0.29) is 49.6 Å². The molecule has 64 heavy (non-hydrogen) atoms. The minimum Gasteiger partial charge on any atom is -0.508 e. The first-order chi connectivity index (χ1) is 29.8. The van der Waals surface area contributed by atoms with E-state index in [2.05, 4.69) is 5.32 Å². The molecule has 3 heterocycles. The van der Waals surface area contributed by atoms with Crippen molar-refractivity contribution < 1.29 is 68.3 Å². The van der Waals surface area contributed by atoms with E-state index in [0.29, 0.717) is 19.4 Å². The number of esters is 1. The molecular weight excluding hydrogens is 831 g/mol. The van der Waals surface area contributed by atoms with E-state index < -0.39 is 102 Å². The molecule has 3 fully saturated rings. The molecule has 1 aromatic carbocycles. The highest BCUT2D eigenvalue weighted by Crippen LogP contribution is 2.41. The van der Waals surface area contributed by atoms with Crippen LogP contribution in [-0.4, -0.2) is 179 Å². The number of likely N-dealkylation sites (N-methyl/N-ethyl adjacent to an activating group) is 2. The summed E-state index contributed by atoms with van der Waals surface area (Å²) < 4.78 is 44.4. The maximum Gasteiger partial charge on any atom is 0.407 e. The summed E-state index contributed by atoms with van der Waals surface area (Å²) in [6, 6.07) is 5.83. The molecule has 3 saturated heterocycles. The van der Waals surface area contributed by atoms with Crippen LogP contribution in [0, 0.1) is 17.8 Å². The average molecular weight is 912 g/mol. The lowest BCUT2D eigenvalue weighted by molar-refractivity contribution is -0.317. The Balaban J connectivity index is 1.71. The van der Waals surface area contributed by atoms with Crippen molar-refractivity contribution in [1.82, 2.24) is 15.1 Å². The number of nitrogens with zero attached hydrogens (tertiary/aromatic N) is 2. The summed E-state index contributed by atoms with van der Waals surface area (Å²) in [4.78, 5) is 31.4. The lowest BCUT2D eigenvalue weighted by atomic mass is 9.77. The number of aromatic hydroxyl groups is 1. The van der Waals surface area contributed by atoms with Crippen LogP contribution >= 0.6 is 0 Å². The van der Waals surface area contributed by atoms with Crippen molar-refractivity contribution in [2.45, 2.75) is 192 Å². The van der Waals surface area contributed by atoms with Crippen molar-refractivity contribution in [3.05, 3.63) is 29.8 Å². The maximum absolute atomic E-state index is 14.5. The van der Waals surface area contributed by atoms with Crippen molar-refractivity contribution in [2.24, 2.45) is 17.8 Å². The Morgan fingerprint density at radius 2 is 1.61 bits per heavy atom. The van der Waals surface area contributed by atoms with E-state index in [1.54, 1.807) is 72.7 Å². The van der Waals surface area contributed by atoms with E-state index in [1.165, 1.54) is 14.0 Å². The van der Waals surface area contributed by atoms with Crippen molar-refractivity contribution >= 4 is 12.1 Å². The monoisotopic (exact) mass is 912 g/mol. The molecule has 6 N–H and O–H groups in total. The number of nitrogens with one attached hydrogen (secondary N) is 1. The first-order valence-corrected chi connectivity index (χ1v) is 23.0. The topological polar surface area (TPSA) is 218 Å². The normalized spacial score (nSPS) is 42.3. The molecule has 18 atom stereocenters. The van der Waals surface area contributed by atoms with Gasteiger partial charge in [-0.25, -0.2) is 4.79 Å². The number of phenols is 1. The molecule has 0 aliphatic carbocycles. The number of hydrogen-bond donors (Lipinski definition) is 6. The number of alkyl carbamates (subject to hydrolysis) is 1. The molecule has 1 aromatic rings. The quantitative estimate of drug-likeness (QED) is 0.175. The van der Waals surface area contributed by atoms with E-state index >= 15 is 0 Å². The van der Waals surface area contributed by atoms with Crippen LogP contribution in [0.25, 0.3) is 0 Å². The van der Waals surface area contributed by atoms with Crippen LogP contribution < -0.4 is 5.32 Å². The van der Waals surface area contributed by atoms with E-state index in [0.717, 1.165) is 5.56 Å². The third-order valence-corrected chi connectivity index (χ3v) is 14.0. The van der Waals surface area contributed by atoms with Crippen LogP contribution in [0.4, 0.5) is 4.79 Å². The highest BCUT2D eigenvalue weighted by atomic mass is 16.7. The summed E-state index contributed by atoms with van der Waals surface area (Å²) in [6.07, 6.45) is -9.01. The van der Waals surface area contributed by atoms with Gasteiger partial charge in [-0.15, -0.1) is 0 Å². The number of hydrogen-bond acceptors (Lipinski definition) is 16. The zero-order valence-electron chi connectivity index (χ0n) is 40.7. The van der Waals surface area contributed by atoms with Gasteiger partial charge < -0.3 is 73.8 Å². The van der Waals surface area contributed by atoms with Gasteiger partial charge in [0, 0.05) is 44.6 Å². The minimum atomic E-state index is -1.84. The molecule has 368 valence electrons. The first-order valence-electron chi connectivity index (χ1n) is 23.0. The molecule has 0 unspecified atom stereocenters. The number of aliphatic hydroxyl groups is 4. The molecule has 3 aliphatic rings. The number of benzene rings is 1. The van der Waals surface area contributed by atoms with E-state index in [9.17, 15) is 35.1 Å². The van der Waals surface area contributed by atoms with Gasteiger partial charge in [0.15, 0.2) is 18.7 Å². The number of ether oxygens (including phenoxy) is 7. The second-order valence-corrected chi connectivity index (χ2v) is 19.9. The third kappa shape index (κ3) is 13.1. The Hall–Kier alpha value is -2.68. The molecule has 1 amide bonds. The molecule has 3 aliphatic heterocycles. The van der Waals surface area contributed by atoms with Crippen LogP contribution in [0.15, 0.2) is 24.3 Å². The van der Waals surface area contributed by atoms with Crippen LogP contribution in [0.2, 0.25) is 0 Å². The van der Waals surface area contributed by atoms with Crippen molar-refractivity contribution in [2.75, 3.05) is 41.3 Å². The molecule has 0 spiro atoms. The van der Waals surface area contributed by atoms with Crippen LogP contribution in [0.3, 0.4) is 0 Å². The summed E-state index contributed by atoms with van der Waals surface area (Å²) in [5.74, 6) is -2.65. The molecule has 4 rings (SSSR count). The number of carbonyl (C=O) groups excluding carboxylic acids is 2. The van der Waals surface area contributed by atoms with Gasteiger partial charge in [-0.05, 0) is 119 Å². The Bertz CT molecular complexity index is 1630. The van der Waals surface area contributed by atoms with Crippen LogP contribution in [-0.2, 0) is 44.4 Å². The number of carbonyl (C=O) groups is 2. The van der Waals surface area contributed by atoms with Gasteiger partial charge in [-0.2, -0.15) is 0 Å². The fourth-order valence-corrected chi connectivity index (χ4v) is 10.1. The maximum atomic E-state index is 14.5. The largest absolute Gasteiger partial charge is 0.508 e. The van der Waals surface area contributed by atoms with Crippen LogP contribution in [0.1, 0.15) is 100 Å². The third-order valence-electron chi connectivity index (χ3n) is 14.0. The molecule has 17 heteroatoms. The highest BCUT2D eigenvalue weighted by molar-refractivity contribution is 5.73. The minimum absolute atomic E-state index is 0.0540. The van der Waals surface area contributed by atoms with E-state index in [1.807, 2.05) is 44.8 Å². The number of amides is 1. The van der Waals surface area contributed by atoms with Gasteiger partial charge in [0.25, 0.3) is 0 Å². The molecule has 0 aromatic heterocycles. The summed E-state index contributed by atoms with van der Waals surface area (Å²) in [5.41, 5.74) is -3.67. The molecule has 0 bridgehead atoms. The lowest BCUT2D eigenvalue weighted by Crippen LogP contribution is -2.61. The number of cyclic esters (lactones) is 1. The van der Waals surface area contributed by atoms with Crippen molar-refractivity contribution in [3.8, 4) is 5.75 Å². The van der Waals surface area contributed by atoms with E-state index in [4.69, 9.17) is 33.2 Å². The SMILES string of the molecule is CC[C@H]1OC(=O)[C@H](C)[C@@H](O[C@H]2C[C@@](C)(OC)[C@@H](OC(=O)NCCc3ccc(O)cc3)[C@H](C)O2)[C@H](C)[C@@H](O[C@@H]2O[C@H](C)C[C@H](N(C)C)[C@H]2O)[C@](C)(O)C[C@@H](C)CN(C)[C@H](C)[C@@H](O)[C@]1(C)O. The van der Waals surface area contributed by atoms with Crippen molar-refractivity contribution in [1.29, 1.82) is 0 Å². The van der Waals surface area contributed by atoms with Gasteiger partial charge in [-0.1, -0.05) is 32.9 Å². The van der Waals surface area contributed by atoms with Crippen molar-refractivity contribution in [3.63, 3.8) is 0 Å². The number of aliphatic hydroxyl groups excluding tert-OH is 2. The fraction of sp³-hybridized carbons (Fsp3) is 0.830. The summed E-state index contributed by atoms with van der Waals surface area (Å²) in [6.45, 7) is 18.2. The Labute approximate surface area is 381 Å². The number of phenolic OH excluding ortho intramolecular Hbond substituents is 1. The average Bonchev–Trinajstić information content (AvgIpc) is 3.22. The molecule has 17 nitrogen and oxygen atoms in total. The second kappa shape index (κ2) is 22.4. The summed E-state index contributed by atoms with van der Waals surface area (Å²) in [7, 11) is 7.09. The predicted octanol–water partition coefficient (Wildman–Crippen LogP) is 3.58. The zero-order valence-corrected chi connectivity index (χ0v) is 40.7. The zero-order chi connectivity index (χ0) is 48.1. The fourth-order valence-electron chi connectivity index (χ4n) is 10.1. The molecule has 0 saturated carbocycles. The molecule has 0 radical (unpaired) electrons. The highest BCUT2D eigenvalue weighted by Gasteiger charge is 2.53. The standard InChI is InChI=1S/C47H81N3O14/c1-15-35-47(10,57)39(53)30(6)50(13)25-26(2)23-45(8,56)40(63-43-37(52)34(49(11)12)22-27(3)59-43)28(4)38(29(5)42(54)61-35)62-36-24-46(9,58-14)41(31(7)60-36)64-44(55)48-21-20-32-16-18-33(51)19-17-32/h16-19,26-31,34-41,43,51-53,56-57H,15,20-25H2,1-14H3,(H,48,55)/t26-,27-,28+,29-,30-,31+,34+,35-,36+,37-,38+,39-,40-,41+,43+,45-,46-,47-/m1/s1. The molecular formula is C47H81N3O14. The smallest absolute Gasteiger partial charge is 0.407 e. The summed E-state index contributed by atoms with van der Waals surface area (Å²) >= 11 is 0. The predicted molar refractivity (Wildman–Crippen MR) is 238 cm³/mol. The summed E-state index contributed by atoms with van der Waals surface area (Å²) in [5, 5.41) is 60.2. The van der Waals surface area contributed by atoms with Gasteiger partial charge in [0.05, 0.1) is 35.9 Å². The Kier molecular flexibility index (Phi) is 18.9. The Morgan fingerprint density at radius 1 is 0.969 bits per heavy atom. The van der Waals surface area contributed by atoms with Gasteiger partial charge >= 0.3 is 12.1 Å². The first kappa shape index (κ1) is 53.9. The van der Waals surface area contributed by atoms with Gasteiger partial charge in [-0.3, -0.25) is 4.79 Å². The Morgan fingerprint density at radius 3 is 2.20 bits per heavy atom. The number of rotatable bonds is 11. The van der Waals surface area contributed by atoms with Gasteiger partial charge in [0.1, 0.15) is 35.3 Å². The lowest BCUT2D eigenvalue weighted by Gasteiger charge is -2.49. The van der Waals surface area contributed by atoms with Gasteiger partial charge in [0.2, 0.25) is 0 Å². The number of methoxy groups -OCH3 is 1.